The summed E-state index contributed by atoms with van der Waals surface area (Å²) in [5.41, 5.74) is 9.63. The number of nitrogens with one attached hydrogen (secondary N) is 1. The zero-order valence-electron chi connectivity index (χ0n) is 12.6. The molecule has 4 rings (SSSR count). The van der Waals surface area contributed by atoms with Gasteiger partial charge in [0.1, 0.15) is 6.10 Å². The first kappa shape index (κ1) is 15.1. The molecule has 0 aliphatic carbocycles. The van der Waals surface area contributed by atoms with E-state index in [2.05, 4.69) is 26.1 Å². The molecule has 2 bridgehead atoms. The maximum atomic E-state index is 5.88. The first-order valence-corrected chi connectivity index (χ1v) is 7.85. The van der Waals surface area contributed by atoms with Gasteiger partial charge in [-0.3, -0.25) is 5.43 Å². The number of hydrazone groups is 1. The summed E-state index contributed by atoms with van der Waals surface area (Å²) in [6.45, 7) is 0.454. The number of aromatic nitrogens is 4. The Morgan fingerprint density at radius 3 is 3.00 bits per heavy atom. The number of nitrogens with two attached hydrogens (primary N) is 1. The van der Waals surface area contributed by atoms with E-state index in [4.69, 9.17) is 27.4 Å². The van der Waals surface area contributed by atoms with Gasteiger partial charge in [0.2, 0.25) is 0 Å². The van der Waals surface area contributed by atoms with E-state index in [0.717, 1.165) is 5.56 Å². The molecule has 2 fully saturated rings. The largest absolute Gasteiger partial charge is 0.375 e. The van der Waals surface area contributed by atoms with Crippen molar-refractivity contribution in [1.82, 2.24) is 25.6 Å². The molecule has 0 radical (unpaired) electrons. The summed E-state index contributed by atoms with van der Waals surface area (Å²) in [6.07, 6.45) is -0.0370. The maximum Gasteiger partial charge on any atom is 0.199 e. The first-order chi connectivity index (χ1) is 11.7. The monoisotopic (exact) mass is 345 g/mol. The molecule has 1 aromatic heterocycles. The molecule has 0 spiro atoms. The Hall–Kier alpha value is -2.43. The third-order valence-electron chi connectivity index (χ3n) is 3.98. The van der Waals surface area contributed by atoms with Crippen LogP contribution < -0.4 is 11.2 Å². The molecular formula is C14H15N7O2S. The minimum Gasteiger partial charge on any atom is -0.375 e. The lowest BCUT2D eigenvalue weighted by atomic mass is 10.0. The molecule has 24 heavy (non-hydrogen) atoms. The Kier molecular flexibility index (Phi) is 3.92. The standard InChI is InChI=1S/C14H15N7O2S/c15-14(24)18-16-9-6-10(11-7-22-13(9)23-11)21-12(17-19-20-21)8-4-2-1-3-5-8/h1-5,10-11,13H,6-7H2,(H3,15,18,24)/b16-9-/t10-,11+,13-/m1/s1. The lowest BCUT2D eigenvalue weighted by molar-refractivity contribution is -0.0320. The molecule has 2 aliphatic heterocycles. The van der Waals surface area contributed by atoms with Gasteiger partial charge in [-0.05, 0) is 22.6 Å². The predicted octanol–water partition coefficient (Wildman–Crippen LogP) is 0.216. The van der Waals surface area contributed by atoms with Crippen LogP contribution in [0, 0.1) is 0 Å². The number of fused-ring (bicyclic) bond motifs is 2. The number of tetrazole rings is 1. The smallest absolute Gasteiger partial charge is 0.199 e. The summed E-state index contributed by atoms with van der Waals surface area (Å²) >= 11 is 4.78. The molecule has 1 aromatic carbocycles. The van der Waals surface area contributed by atoms with Gasteiger partial charge >= 0.3 is 0 Å². The van der Waals surface area contributed by atoms with Crippen LogP contribution >= 0.6 is 12.2 Å². The SMILES string of the molecule is NC(=S)N/N=C1/C[C@@H](n2nnnc2-c2ccccc2)[C@@H]2CO[C@@H]1O2. The van der Waals surface area contributed by atoms with Crippen molar-refractivity contribution in [1.29, 1.82) is 0 Å². The van der Waals surface area contributed by atoms with E-state index in [1.54, 1.807) is 4.68 Å². The molecule has 0 amide bonds. The highest BCUT2D eigenvalue weighted by Crippen LogP contribution is 2.34. The molecule has 124 valence electrons. The summed E-state index contributed by atoms with van der Waals surface area (Å²) in [5, 5.41) is 16.4. The van der Waals surface area contributed by atoms with Gasteiger partial charge < -0.3 is 15.2 Å². The van der Waals surface area contributed by atoms with Crippen LogP contribution in [0.4, 0.5) is 0 Å². The van der Waals surface area contributed by atoms with Crippen molar-refractivity contribution in [3.8, 4) is 11.4 Å². The molecule has 10 heteroatoms. The fourth-order valence-electron chi connectivity index (χ4n) is 2.90. The van der Waals surface area contributed by atoms with E-state index < -0.39 is 6.29 Å². The van der Waals surface area contributed by atoms with E-state index in [0.29, 0.717) is 24.6 Å². The zero-order valence-corrected chi connectivity index (χ0v) is 13.4. The van der Waals surface area contributed by atoms with Crippen molar-refractivity contribution in [3.05, 3.63) is 30.3 Å². The second-order valence-electron chi connectivity index (χ2n) is 5.50. The number of ether oxygens (including phenoxy) is 2. The Bertz CT molecular complexity index is 778. The fourth-order valence-corrected chi connectivity index (χ4v) is 2.95. The van der Waals surface area contributed by atoms with Crippen molar-refractivity contribution < 1.29 is 9.47 Å². The minimum absolute atomic E-state index is 0.0894. The summed E-state index contributed by atoms with van der Waals surface area (Å²) in [4.78, 5) is 0. The molecule has 2 aromatic rings. The number of hydrogen-bond acceptors (Lipinski definition) is 7. The number of benzene rings is 1. The van der Waals surface area contributed by atoms with Crippen LogP contribution in [-0.2, 0) is 9.47 Å². The van der Waals surface area contributed by atoms with Crippen molar-refractivity contribution in [2.24, 2.45) is 10.8 Å². The van der Waals surface area contributed by atoms with Crippen molar-refractivity contribution in [3.63, 3.8) is 0 Å². The Labute approximate surface area is 142 Å². The highest BCUT2D eigenvalue weighted by molar-refractivity contribution is 7.80. The fraction of sp³-hybridized carbons (Fsp3) is 0.357. The van der Waals surface area contributed by atoms with Crippen LogP contribution in [-0.4, -0.2) is 50.0 Å². The zero-order chi connectivity index (χ0) is 16.5. The van der Waals surface area contributed by atoms with Crippen molar-refractivity contribution in [2.45, 2.75) is 24.9 Å². The highest BCUT2D eigenvalue weighted by atomic mass is 32.1. The van der Waals surface area contributed by atoms with Gasteiger partial charge in [-0.1, -0.05) is 30.3 Å². The lowest BCUT2D eigenvalue weighted by Gasteiger charge is -2.28. The van der Waals surface area contributed by atoms with Gasteiger partial charge in [0.15, 0.2) is 17.2 Å². The van der Waals surface area contributed by atoms with Gasteiger partial charge in [0.05, 0.1) is 18.4 Å². The van der Waals surface area contributed by atoms with Gasteiger partial charge in [-0.15, -0.1) is 5.10 Å². The molecule has 3 N–H and O–H groups in total. The third kappa shape index (κ3) is 2.75. The average Bonchev–Trinajstić information content (AvgIpc) is 3.23. The first-order valence-electron chi connectivity index (χ1n) is 7.44. The average molecular weight is 345 g/mol. The second kappa shape index (κ2) is 6.23. The maximum absolute atomic E-state index is 5.88. The molecule has 9 nitrogen and oxygen atoms in total. The molecular weight excluding hydrogens is 330 g/mol. The Balaban J connectivity index is 1.66. The third-order valence-corrected chi connectivity index (χ3v) is 4.07. The van der Waals surface area contributed by atoms with Gasteiger partial charge in [0.25, 0.3) is 0 Å². The van der Waals surface area contributed by atoms with Gasteiger partial charge in [-0.2, -0.15) is 5.10 Å². The quantitative estimate of drug-likeness (QED) is 0.600. The molecule has 3 heterocycles. The number of nitrogens with zero attached hydrogens (tertiary/aromatic N) is 5. The van der Waals surface area contributed by atoms with Crippen LogP contribution in [0.3, 0.4) is 0 Å². The molecule has 3 atom stereocenters. The molecule has 2 saturated heterocycles. The number of hydrogen-bond donors (Lipinski definition) is 2. The summed E-state index contributed by atoms with van der Waals surface area (Å²) in [5.74, 6) is 0.677. The predicted molar refractivity (Wildman–Crippen MR) is 88.9 cm³/mol. The summed E-state index contributed by atoms with van der Waals surface area (Å²) in [6, 6.07) is 9.63. The van der Waals surface area contributed by atoms with E-state index in [-0.39, 0.29) is 17.3 Å². The minimum atomic E-state index is -0.482. The van der Waals surface area contributed by atoms with E-state index in [9.17, 15) is 0 Å². The van der Waals surface area contributed by atoms with Crippen LogP contribution in [0.2, 0.25) is 0 Å². The topological polar surface area (TPSA) is 112 Å². The summed E-state index contributed by atoms with van der Waals surface area (Å²) in [7, 11) is 0. The van der Waals surface area contributed by atoms with Crippen molar-refractivity contribution in [2.75, 3.05) is 6.61 Å². The van der Waals surface area contributed by atoms with E-state index in [1.807, 2.05) is 30.3 Å². The second-order valence-corrected chi connectivity index (χ2v) is 5.94. The van der Waals surface area contributed by atoms with Crippen LogP contribution in [0.25, 0.3) is 11.4 Å². The molecule has 0 saturated carbocycles. The van der Waals surface area contributed by atoms with Crippen LogP contribution in [0.5, 0.6) is 0 Å². The molecule has 2 aliphatic rings. The van der Waals surface area contributed by atoms with Crippen LogP contribution in [0.1, 0.15) is 12.5 Å². The number of thiocarbonyl (C=S) groups is 1. The van der Waals surface area contributed by atoms with Gasteiger partial charge in [-0.25, -0.2) is 4.68 Å². The normalized spacial score (nSPS) is 27.3. The van der Waals surface area contributed by atoms with E-state index >= 15 is 0 Å². The van der Waals surface area contributed by atoms with Gasteiger partial charge in [0, 0.05) is 12.0 Å². The Morgan fingerprint density at radius 2 is 2.21 bits per heavy atom. The lowest BCUT2D eigenvalue weighted by Crippen LogP contribution is -2.39. The van der Waals surface area contributed by atoms with Crippen molar-refractivity contribution >= 4 is 23.0 Å². The van der Waals surface area contributed by atoms with E-state index in [1.165, 1.54) is 0 Å². The highest BCUT2D eigenvalue weighted by Gasteiger charge is 2.44. The number of rotatable bonds is 3. The molecule has 0 unspecified atom stereocenters. The van der Waals surface area contributed by atoms with Crippen LogP contribution in [0.15, 0.2) is 35.4 Å². The summed E-state index contributed by atoms with van der Waals surface area (Å²) < 4.78 is 13.3. The Morgan fingerprint density at radius 1 is 1.38 bits per heavy atom.